The van der Waals surface area contributed by atoms with E-state index in [4.69, 9.17) is 9.84 Å². The van der Waals surface area contributed by atoms with Crippen molar-refractivity contribution < 1.29 is 9.84 Å². The van der Waals surface area contributed by atoms with Gasteiger partial charge in [0.2, 0.25) is 0 Å². The molecule has 0 aromatic heterocycles. The van der Waals surface area contributed by atoms with Crippen LogP contribution in [-0.2, 0) is 4.74 Å². The number of rotatable bonds is 6. The highest BCUT2D eigenvalue weighted by Crippen LogP contribution is 2.11. The molecule has 0 aromatic rings. The number of nitrogens with zero attached hydrogens (tertiary/aromatic N) is 1. The summed E-state index contributed by atoms with van der Waals surface area (Å²) in [4.78, 5) is 2.39. The van der Waals surface area contributed by atoms with E-state index in [1.807, 2.05) is 0 Å². The molecule has 0 aromatic carbocycles. The van der Waals surface area contributed by atoms with Crippen LogP contribution in [0.25, 0.3) is 0 Å². The quantitative estimate of drug-likeness (QED) is 0.696. The molecule has 2 N–H and O–H groups in total. The summed E-state index contributed by atoms with van der Waals surface area (Å²) in [5.41, 5.74) is 0. The Kier molecular flexibility index (Phi) is 6.96. The van der Waals surface area contributed by atoms with Crippen LogP contribution < -0.4 is 5.32 Å². The van der Waals surface area contributed by atoms with Gasteiger partial charge in [-0.25, -0.2) is 0 Å². The molecular formula is C12H26N2O2. The van der Waals surface area contributed by atoms with Crippen molar-refractivity contribution >= 4 is 0 Å². The second-order valence-corrected chi connectivity index (χ2v) is 4.76. The van der Waals surface area contributed by atoms with Crippen LogP contribution in [-0.4, -0.2) is 62.6 Å². The first-order chi connectivity index (χ1) is 7.76. The molecule has 2 unspecified atom stereocenters. The van der Waals surface area contributed by atoms with E-state index in [0.717, 1.165) is 13.0 Å². The highest BCUT2D eigenvalue weighted by molar-refractivity contribution is 4.78. The third kappa shape index (κ3) is 5.25. The monoisotopic (exact) mass is 230 g/mol. The van der Waals surface area contributed by atoms with Gasteiger partial charge in [-0.3, -0.25) is 0 Å². The molecule has 1 fully saturated rings. The second-order valence-electron chi connectivity index (χ2n) is 4.76. The lowest BCUT2D eigenvalue weighted by atomic mass is 10.1. The summed E-state index contributed by atoms with van der Waals surface area (Å²) in [5.74, 6) is 0. The van der Waals surface area contributed by atoms with E-state index in [1.54, 1.807) is 7.11 Å². The molecule has 16 heavy (non-hydrogen) atoms. The van der Waals surface area contributed by atoms with E-state index in [0.29, 0.717) is 18.7 Å². The molecule has 1 rings (SSSR count). The van der Waals surface area contributed by atoms with E-state index in [1.165, 1.54) is 25.8 Å². The lowest BCUT2D eigenvalue weighted by Gasteiger charge is -2.24. The van der Waals surface area contributed by atoms with Gasteiger partial charge in [0.15, 0.2) is 0 Å². The van der Waals surface area contributed by atoms with Crippen molar-refractivity contribution in [1.29, 1.82) is 0 Å². The zero-order valence-electron chi connectivity index (χ0n) is 10.6. The average Bonchev–Trinajstić information content (AvgIpc) is 2.45. The van der Waals surface area contributed by atoms with Crippen molar-refractivity contribution in [2.24, 2.45) is 0 Å². The summed E-state index contributed by atoms with van der Waals surface area (Å²) in [6, 6.07) is 0.875. The predicted octanol–water partition coefficient (Wildman–Crippen LogP) is 0.458. The van der Waals surface area contributed by atoms with Crippen LogP contribution in [0.15, 0.2) is 0 Å². The molecule has 0 radical (unpaired) electrons. The number of aliphatic hydroxyl groups excluding tert-OH is 1. The first-order valence-electron chi connectivity index (χ1n) is 6.30. The van der Waals surface area contributed by atoms with E-state index in [-0.39, 0.29) is 6.61 Å². The first kappa shape index (κ1) is 13.9. The minimum atomic E-state index is 0.230. The molecule has 2 atom stereocenters. The minimum absolute atomic E-state index is 0.230. The van der Waals surface area contributed by atoms with Crippen molar-refractivity contribution in [2.75, 3.05) is 40.5 Å². The zero-order valence-corrected chi connectivity index (χ0v) is 10.6. The van der Waals surface area contributed by atoms with Crippen molar-refractivity contribution in [3.05, 3.63) is 0 Å². The van der Waals surface area contributed by atoms with Crippen LogP contribution in [0, 0.1) is 0 Å². The molecule has 4 heteroatoms. The molecule has 0 bridgehead atoms. The van der Waals surface area contributed by atoms with Gasteiger partial charge in [0.25, 0.3) is 0 Å². The molecule has 1 aliphatic rings. The lowest BCUT2D eigenvalue weighted by Crippen LogP contribution is -2.42. The molecular weight excluding hydrogens is 204 g/mol. The molecule has 1 saturated heterocycles. The van der Waals surface area contributed by atoms with Gasteiger partial charge in [0, 0.05) is 25.8 Å². The van der Waals surface area contributed by atoms with Gasteiger partial charge in [-0.15, -0.1) is 0 Å². The fourth-order valence-corrected chi connectivity index (χ4v) is 2.31. The van der Waals surface area contributed by atoms with Crippen LogP contribution >= 0.6 is 0 Å². The topological polar surface area (TPSA) is 44.7 Å². The SMILES string of the molecule is COCC(CCO)NC1CCCN(C)CC1. The Bertz CT molecular complexity index is 172. The Labute approximate surface area is 99.0 Å². The smallest absolute Gasteiger partial charge is 0.0616 e. The number of likely N-dealkylation sites (tertiary alicyclic amines) is 1. The minimum Gasteiger partial charge on any atom is -0.396 e. The van der Waals surface area contributed by atoms with Crippen LogP contribution in [0.4, 0.5) is 0 Å². The average molecular weight is 230 g/mol. The fourth-order valence-electron chi connectivity index (χ4n) is 2.31. The number of hydrogen-bond acceptors (Lipinski definition) is 4. The van der Waals surface area contributed by atoms with Crippen molar-refractivity contribution in [1.82, 2.24) is 10.2 Å². The summed E-state index contributed by atoms with van der Waals surface area (Å²) >= 11 is 0. The molecule has 1 aliphatic heterocycles. The van der Waals surface area contributed by atoms with Crippen LogP contribution in [0.5, 0.6) is 0 Å². The molecule has 0 saturated carbocycles. The maximum Gasteiger partial charge on any atom is 0.0616 e. The van der Waals surface area contributed by atoms with E-state index < -0.39 is 0 Å². The molecule has 4 nitrogen and oxygen atoms in total. The van der Waals surface area contributed by atoms with Crippen molar-refractivity contribution in [3.8, 4) is 0 Å². The van der Waals surface area contributed by atoms with E-state index in [9.17, 15) is 0 Å². The van der Waals surface area contributed by atoms with Crippen molar-refractivity contribution in [2.45, 2.75) is 37.8 Å². The highest BCUT2D eigenvalue weighted by Gasteiger charge is 2.18. The van der Waals surface area contributed by atoms with E-state index in [2.05, 4.69) is 17.3 Å². The summed E-state index contributed by atoms with van der Waals surface area (Å²) in [5, 5.41) is 12.6. The Morgan fingerprint density at radius 3 is 2.94 bits per heavy atom. The second kappa shape index (κ2) is 8.01. The van der Waals surface area contributed by atoms with Crippen LogP contribution in [0.3, 0.4) is 0 Å². The normalized spacial score (nSPS) is 25.3. The van der Waals surface area contributed by atoms with Crippen LogP contribution in [0.2, 0.25) is 0 Å². The van der Waals surface area contributed by atoms with Gasteiger partial charge in [-0.05, 0) is 45.8 Å². The summed E-state index contributed by atoms with van der Waals surface area (Å²) in [6.45, 7) is 3.28. The number of aliphatic hydroxyl groups is 1. The maximum absolute atomic E-state index is 8.99. The van der Waals surface area contributed by atoms with Gasteiger partial charge in [-0.1, -0.05) is 0 Å². The standard InChI is InChI=1S/C12H26N2O2/c1-14-7-3-4-11(5-8-14)13-12(6-9-15)10-16-2/h11-13,15H,3-10H2,1-2H3. The molecule has 0 amide bonds. The van der Waals surface area contributed by atoms with Gasteiger partial charge >= 0.3 is 0 Å². The van der Waals surface area contributed by atoms with Gasteiger partial charge in [-0.2, -0.15) is 0 Å². The van der Waals surface area contributed by atoms with Crippen molar-refractivity contribution in [3.63, 3.8) is 0 Å². The van der Waals surface area contributed by atoms with Gasteiger partial charge < -0.3 is 20.1 Å². The lowest BCUT2D eigenvalue weighted by molar-refractivity contribution is 0.140. The predicted molar refractivity (Wildman–Crippen MR) is 65.6 cm³/mol. The van der Waals surface area contributed by atoms with Gasteiger partial charge in [0.1, 0.15) is 0 Å². The number of methoxy groups -OCH3 is 1. The fraction of sp³-hybridized carbons (Fsp3) is 1.00. The number of ether oxygens (including phenoxy) is 1. The molecule has 0 spiro atoms. The highest BCUT2D eigenvalue weighted by atomic mass is 16.5. The zero-order chi connectivity index (χ0) is 11.8. The molecule has 1 heterocycles. The summed E-state index contributed by atoms with van der Waals surface area (Å²) < 4.78 is 5.17. The van der Waals surface area contributed by atoms with Crippen LogP contribution in [0.1, 0.15) is 25.7 Å². The Hall–Kier alpha value is -0.160. The Morgan fingerprint density at radius 1 is 1.44 bits per heavy atom. The largest absolute Gasteiger partial charge is 0.396 e. The molecule has 0 aliphatic carbocycles. The number of hydrogen-bond donors (Lipinski definition) is 2. The third-order valence-corrected chi connectivity index (χ3v) is 3.27. The first-order valence-corrected chi connectivity index (χ1v) is 6.30. The van der Waals surface area contributed by atoms with Gasteiger partial charge in [0.05, 0.1) is 6.61 Å². The summed E-state index contributed by atoms with van der Waals surface area (Å²) in [6.07, 6.45) is 4.46. The maximum atomic E-state index is 8.99. The Balaban J connectivity index is 2.31. The summed E-state index contributed by atoms with van der Waals surface area (Å²) in [7, 11) is 3.90. The third-order valence-electron chi connectivity index (χ3n) is 3.27. The number of nitrogens with one attached hydrogen (secondary N) is 1. The van der Waals surface area contributed by atoms with E-state index >= 15 is 0 Å². The molecule has 96 valence electrons. The Morgan fingerprint density at radius 2 is 2.25 bits per heavy atom.